The number of hydrogen-bond donors (Lipinski definition) is 1. The van der Waals surface area contributed by atoms with Crippen molar-refractivity contribution in [2.24, 2.45) is 5.92 Å². The Morgan fingerprint density at radius 3 is 2.58 bits per heavy atom. The molecule has 1 unspecified atom stereocenters. The molecule has 1 atom stereocenters. The van der Waals surface area contributed by atoms with Gasteiger partial charge in [-0.15, -0.1) is 0 Å². The number of ether oxygens (including phenoxy) is 1. The van der Waals surface area contributed by atoms with E-state index in [2.05, 4.69) is 11.8 Å². The van der Waals surface area contributed by atoms with E-state index in [0.29, 0.717) is 17.5 Å². The number of anilines is 1. The fourth-order valence-electron chi connectivity index (χ4n) is 3.73. The van der Waals surface area contributed by atoms with Crippen LogP contribution in [0.3, 0.4) is 0 Å². The molecular weight excluding hydrogens is 328 g/mol. The molecule has 26 heavy (non-hydrogen) atoms. The number of nitrogens with zero attached hydrogens (tertiary/aromatic N) is 2. The van der Waals surface area contributed by atoms with E-state index < -0.39 is 6.16 Å². The highest BCUT2D eigenvalue weighted by Crippen LogP contribution is 2.44. The first kappa shape index (κ1) is 18.2. The standard InChI is InChI=1S/C21H26N2O3/c1-4-23(5-2)20-19(26-21(24)25)18(15-9-7-6-8-10-15)16-13-14(3)11-12-17(16)22-20/h6-10,14H,4-5,11-13H2,1-3H3,(H,24,25). The molecule has 5 heteroatoms. The number of carbonyl (C=O) groups is 1. The third-order valence-corrected chi connectivity index (χ3v) is 5.06. The predicted molar refractivity (Wildman–Crippen MR) is 103 cm³/mol. The Morgan fingerprint density at radius 2 is 1.96 bits per heavy atom. The molecular formula is C21H26N2O3. The second kappa shape index (κ2) is 7.77. The summed E-state index contributed by atoms with van der Waals surface area (Å²) < 4.78 is 5.33. The summed E-state index contributed by atoms with van der Waals surface area (Å²) in [6.07, 6.45) is 1.60. The van der Waals surface area contributed by atoms with Crippen molar-refractivity contribution in [3.05, 3.63) is 41.6 Å². The smallest absolute Gasteiger partial charge is 0.449 e. The molecule has 0 bridgehead atoms. The van der Waals surface area contributed by atoms with E-state index in [0.717, 1.165) is 54.7 Å². The highest BCUT2D eigenvalue weighted by Gasteiger charge is 2.29. The minimum Gasteiger partial charge on any atom is -0.449 e. The second-order valence-electron chi connectivity index (χ2n) is 6.82. The zero-order chi connectivity index (χ0) is 18.7. The van der Waals surface area contributed by atoms with E-state index >= 15 is 0 Å². The number of rotatable bonds is 5. The maximum absolute atomic E-state index is 11.5. The van der Waals surface area contributed by atoms with Gasteiger partial charge in [-0.05, 0) is 50.2 Å². The average Bonchev–Trinajstić information content (AvgIpc) is 2.63. The summed E-state index contributed by atoms with van der Waals surface area (Å²) in [5.74, 6) is 1.54. The molecule has 1 aliphatic rings. The van der Waals surface area contributed by atoms with Crippen molar-refractivity contribution in [1.29, 1.82) is 0 Å². The van der Waals surface area contributed by atoms with Crippen LogP contribution in [-0.2, 0) is 12.8 Å². The SMILES string of the molecule is CCN(CC)c1nc2c(c(-c3ccccc3)c1OC(=O)O)CC(C)CC2. The summed E-state index contributed by atoms with van der Waals surface area (Å²) in [6.45, 7) is 7.79. The molecule has 0 spiro atoms. The summed E-state index contributed by atoms with van der Waals surface area (Å²) in [7, 11) is 0. The normalized spacial score (nSPS) is 16.0. The van der Waals surface area contributed by atoms with Gasteiger partial charge in [0.25, 0.3) is 0 Å². The lowest BCUT2D eigenvalue weighted by atomic mass is 9.83. The zero-order valence-electron chi connectivity index (χ0n) is 15.7. The fourth-order valence-corrected chi connectivity index (χ4v) is 3.73. The van der Waals surface area contributed by atoms with Crippen molar-refractivity contribution in [1.82, 2.24) is 4.98 Å². The molecule has 1 aromatic heterocycles. The van der Waals surface area contributed by atoms with Gasteiger partial charge >= 0.3 is 6.16 Å². The van der Waals surface area contributed by atoms with Crippen LogP contribution in [0.5, 0.6) is 5.75 Å². The largest absolute Gasteiger partial charge is 0.511 e. The van der Waals surface area contributed by atoms with E-state index in [1.54, 1.807) is 0 Å². The molecule has 1 aromatic carbocycles. The second-order valence-corrected chi connectivity index (χ2v) is 6.82. The number of pyridine rings is 1. The van der Waals surface area contributed by atoms with Gasteiger partial charge < -0.3 is 14.7 Å². The van der Waals surface area contributed by atoms with Crippen LogP contribution in [0, 0.1) is 5.92 Å². The molecule has 3 rings (SSSR count). The maximum atomic E-state index is 11.5. The van der Waals surface area contributed by atoms with Crippen LogP contribution in [0.2, 0.25) is 0 Å². The number of hydrogen-bond acceptors (Lipinski definition) is 4. The fraction of sp³-hybridized carbons (Fsp3) is 0.429. The van der Waals surface area contributed by atoms with Crippen molar-refractivity contribution >= 4 is 12.0 Å². The molecule has 0 radical (unpaired) electrons. The lowest BCUT2D eigenvalue weighted by molar-refractivity contribution is 0.144. The van der Waals surface area contributed by atoms with Gasteiger partial charge in [-0.1, -0.05) is 37.3 Å². The van der Waals surface area contributed by atoms with Crippen LogP contribution in [0.1, 0.15) is 38.4 Å². The first-order valence-corrected chi connectivity index (χ1v) is 9.32. The Hall–Kier alpha value is -2.56. The molecule has 0 aliphatic heterocycles. The van der Waals surface area contributed by atoms with Crippen LogP contribution < -0.4 is 9.64 Å². The molecule has 0 fully saturated rings. The summed E-state index contributed by atoms with van der Waals surface area (Å²) in [5.41, 5.74) is 4.06. The Labute approximate surface area is 154 Å². The Morgan fingerprint density at radius 1 is 1.27 bits per heavy atom. The summed E-state index contributed by atoms with van der Waals surface area (Å²) in [4.78, 5) is 18.4. The minimum atomic E-state index is -1.30. The van der Waals surface area contributed by atoms with E-state index in [4.69, 9.17) is 9.72 Å². The predicted octanol–water partition coefficient (Wildman–Crippen LogP) is 4.78. The monoisotopic (exact) mass is 354 g/mol. The van der Waals surface area contributed by atoms with Crippen molar-refractivity contribution < 1.29 is 14.6 Å². The summed E-state index contributed by atoms with van der Waals surface area (Å²) in [5, 5.41) is 9.38. The summed E-state index contributed by atoms with van der Waals surface area (Å²) >= 11 is 0. The number of aryl methyl sites for hydroxylation is 1. The molecule has 1 heterocycles. The maximum Gasteiger partial charge on any atom is 0.511 e. The number of aromatic nitrogens is 1. The van der Waals surface area contributed by atoms with Gasteiger partial charge in [-0.3, -0.25) is 0 Å². The average molecular weight is 354 g/mol. The van der Waals surface area contributed by atoms with Crippen molar-refractivity contribution in [3.8, 4) is 16.9 Å². The number of benzene rings is 1. The van der Waals surface area contributed by atoms with Crippen LogP contribution in [0.25, 0.3) is 11.1 Å². The van der Waals surface area contributed by atoms with Crippen LogP contribution in [0.15, 0.2) is 30.3 Å². The molecule has 0 saturated heterocycles. The zero-order valence-corrected chi connectivity index (χ0v) is 15.7. The van der Waals surface area contributed by atoms with Crippen LogP contribution >= 0.6 is 0 Å². The molecule has 1 N–H and O–H groups in total. The summed E-state index contributed by atoms with van der Waals surface area (Å²) in [6, 6.07) is 9.92. The van der Waals surface area contributed by atoms with Gasteiger partial charge in [0.1, 0.15) is 0 Å². The lowest BCUT2D eigenvalue weighted by Crippen LogP contribution is -2.26. The highest BCUT2D eigenvalue weighted by atomic mass is 16.7. The quantitative estimate of drug-likeness (QED) is 0.783. The Bertz CT molecular complexity index is 786. The molecule has 5 nitrogen and oxygen atoms in total. The van der Waals surface area contributed by atoms with Gasteiger partial charge in [0.15, 0.2) is 11.6 Å². The van der Waals surface area contributed by atoms with Gasteiger partial charge in [0.05, 0.1) is 0 Å². The van der Waals surface area contributed by atoms with E-state index in [1.807, 2.05) is 44.2 Å². The van der Waals surface area contributed by atoms with E-state index in [-0.39, 0.29) is 0 Å². The first-order chi connectivity index (χ1) is 12.5. The first-order valence-electron chi connectivity index (χ1n) is 9.32. The van der Waals surface area contributed by atoms with Gasteiger partial charge in [0, 0.05) is 24.3 Å². The van der Waals surface area contributed by atoms with E-state index in [1.165, 1.54) is 0 Å². The van der Waals surface area contributed by atoms with E-state index in [9.17, 15) is 9.90 Å². The minimum absolute atomic E-state index is 0.361. The van der Waals surface area contributed by atoms with Gasteiger partial charge in [-0.2, -0.15) is 0 Å². The molecule has 138 valence electrons. The van der Waals surface area contributed by atoms with Crippen molar-refractivity contribution in [2.75, 3.05) is 18.0 Å². The molecule has 0 saturated carbocycles. The van der Waals surface area contributed by atoms with Gasteiger partial charge in [-0.25, -0.2) is 9.78 Å². The van der Waals surface area contributed by atoms with Crippen LogP contribution in [-0.4, -0.2) is 29.3 Å². The van der Waals surface area contributed by atoms with Crippen molar-refractivity contribution in [3.63, 3.8) is 0 Å². The third-order valence-electron chi connectivity index (χ3n) is 5.06. The van der Waals surface area contributed by atoms with Gasteiger partial charge in [0.2, 0.25) is 0 Å². The molecule has 0 amide bonds. The van der Waals surface area contributed by atoms with Crippen LogP contribution in [0.4, 0.5) is 10.6 Å². The highest BCUT2D eigenvalue weighted by molar-refractivity contribution is 5.83. The molecule has 1 aliphatic carbocycles. The number of carboxylic acid groups (broad SMARTS) is 1. The third kappa shape index (κ3) is 3.52. The lowest BCUT2D eigenvalue weighted by Gasteiger charge is -2.29. The Kier molecular flexibility index (Phi) is 5.45. The Balaban J connectivity index is 2.32. The molecule has 2 aromatic rings. The number of fused-ring (bicyclic) bond motifs is 1. The van der Waals surface area contributed by atoms with Crippen molar-refractivity contribution in [2.45, 2.75) is 40.0 Å². The topological polar surface area (TPSA) is 62.7 Å².